The van der Waals surface area contributed by atoms with Crippen LogP contribution >= 0.6 is 12.6 Å². The van der Waals surface area contributed by atoms with Crippen LogP contribution in [-0.2, 0) is 0 Å². The molecular formula is C11H13FOS. The van der Waals surface area contributed by atoms with Gasteiger partial charge < -0.3 is 4.74 Å². The maximum absolute atomic E-state index is 13.2. The Hall–Kier alpha value is -0.960. The molecule has 0 aliphatic carbocycles. The molecule has 0 aliphatic heterocycles. The van der Waals surface area contributed by atoms with Crippen LogP contribution in [-0.4, -0.2) is 12.4 Å². The Bertz CT molecular complexity index is 336. The third-order valence-electron chi connectivity index (χ3n) is 1.74. The van der Waals surface area contributed by atoms with Crippen molar-refractivity contribution < 1.29 is 9.13 Å². The fourth-order valence-corrected chi connectivity index (χ4v) is 1.04. The molecule has 0 N–H and O–H groups in total. The molecule has 0 aliphatic rings. The monoisotopic (exact) mass is 212 g/mol. The summed E-state index contributed by atoms with van der Waals surface area (Å²) in [4.78, 5) is 0. The highest BCUT2D eigenvalue weighted by atomic mass is 32.1. The first-order chi connectivity index (χ1) is 6.63. The molecule has 0 saturated carbocycles. The third kappa shape index (κ3) is 3.07. The average Bonchev–Trinajstić information content (AvgIpc) is 2.19. The van der Waals surface area contributed by atoms with Crippen molar-refractivity contribution in [1.82, 2.24) is 0 Å². The highest BCUT2D eigenvalue weighted by Crippen LogP contribution is 2.18. The molecule has 0 heterocycles. The molecular weight excluding hydrogens is 199 g/mol. The second kappa shape index (κ2) is 5.05. The van der Waals surface area contributed by atoms with E-state index in [1.165, 1.54) is 6.07 Å². The molecule has 0 radical (unpaired) electrons. The van der Waals surface area contributed by atoms with Crippen molar-refractivity contribution in [3.63, 3.8) is 0 Å². The number of rotatable bonds is 4. The van der Waals surface area contributed by atoms with Crippen LogP contribution in [0.1, 0.15) is 5.56 Å². The molecule has 0 spiro atoms. The molecule has 14 heavy (non-hydrogen) atoms. The van der Waals surface area contributed by atoms with Gasteiger partial charge in [0.05, 0.1) is 0 Å². The summed E-state index contributed by atoms with van der Waals surface area (Å²) >= 11 is 4.03. The number of aryl methyl sites for hydroxylation is 1. The molecule has 0 saturated heterocycles. The molecule has 3 heteroatoms. The van der Waals surface area contributed by atoms with Crippen LogP contribution in [0.3, 0.4) is 0 Å². The van der Waals surface area contributed by atoms with Crippen molar-refractivity contribution in [3.05, 3.63) is 41.7 Å². The normalized spacial score (nSPS) is 9.93. The first-order valence-electron chi connectivity index (χ1n) is 4.30. The van der Waals surface area contributed by atoms with Gasteiger partial charge in [0.15, 0.2) is 11.6 Å². The predicted molar refractivity (Wildman–Crippen MR) is 59.6 cm³/mol. The van der Waals surface area contributed by atoms with Gasteiger partial charge in [-0.05, 0) is 30.2 Å². The van der Waals surface area contributed by atoms with E-state index in [1.54, 1.807) is 12.1 Å². The quantitative estimate of drug-likeness (QED) is 0.596. The van der Waals surface area contributed by atoms with Crippen LogP contribution in [0.2, 0.25) is 0 Å². The number of benzene rings is 1. The van der Waals surface area contributed by atoms with Crippen LogP contribution in [0.5, 0.6) is 5.75 Å². The van der Waals surface area contributed by atoms with E-state index < -0.39 is 0 Å². The molecule has 1 aromatic rings. The standard InChI is InChI=1S/C11H13FOS/c1-8-3-4-10(12)11(5-8)13-6-9(2)7-14/h3-5,14H,2,6-7H2,1H3. The van der Waals surface area contributed by atoms with Crippen LogP contribution in [0, 0.1) is 12.7 Å². The Labute approximate surface area is 89.0 Å². The van der Waals surface area contributed by atoms with Crippen LogP contribution < -0.4 is 4.74 Å². The number of hydrogen-bond acceptors (Lipinski definition) is 2. The van der Waals surface area contributed by atoms with E-state index in [-0.39, 0.29) is 11.6 Å². The average molecular weight is 212 g/mol. The first kappa shape index (κ1) is 11.1. The minimum Gasteiger partial charge on any atom is -0.486 e. The zero-order valence-electron chi connectivity index (χ0n) is 8.09. The Morgan fingerprint density at radius 3 is 2.93 bits per heavy atom. The second-order valence-corrected chi connectivity index (χ2v) is 3.45. The summed E-state index contributed by atoms with van der Waals surface area (Å²) in [6.07, 6.45) is 0. The van der Waals surface area contributed by atoms with E-state index in [0.29, 0.717) is 12.4 Å². The number of ether oxygens (including phenoxy) is 1. The van der Waals surface area contributed by atoms with Gasteiger partial charge in [0.25, 0.3) is 0 Å². The van der Waals surface area contributed by atoms with E-state index in [9.17, 15) is 4.39 Å². The summed E-state index contributed by atoms with van der Waals surface area (Å²) in [7, 11) is 0. The predicted octanol–water partition coefficient (Wildman–Crippen LogP) is 3.00. The van der Waals surface area contributed by atoms with E-state index >= 15 is 0 Å². The molecule has 76 valence electrons. The minimum absolute atomic E-state index is 0.271. The van der Waals surface area contributed by atoms with Gasteiger partial charge in [-0.1, -0.05) is 12.6 Å². The maximum atomic E-state index is 13.2. The highest BCUT2D eigenvalue weighted by Gasteiger charge is 2.03. The topological polar surface area (TPSA) is 9.23 Å². The summed E-state index contributed by atoms with van der Waals surface area (Å²) in [6, 6.07) is 4.77. The van der Waals surface area contributed by atoms with Crippen molar-refractivity contribution in [2.24, 2.45) is 0 Å². The number of thiol groups is 1. The zero-order chi connectivity index (χ0) is 10.6. The van der Waals surface area contributed by atoms with Gasteiger partial charge in [-0.25, -0.2) is 4.39 Å². The van der Waals surface area contributed by atoms with Gasteiger partial charge in [0, 0.05) is 5.75 Å². The molecule has 1 aromatic carbocycles. The van der Waals surface area contributed by atoms with Gasteiger partial charge in [0.1, 0.15) is 6.61 Å². The van der Waals surface area contributed by atoms with Crippen molar-refractivity contribution in [1.29, 1.82) is 0 Å². The van der Waals surface area contributed by atoms with E-state index in [0.717, 1.165) is 11.1 Å². The van der Waals surface area contributed by atoms with Gasteiger partial charge in [-0.3, -0.25) is 0 Å². The van der Waals surface area contributed by atoms with Gasteiger partial charge in [-0.2, -0.15) is 12.6 Å². The second-order valence-electron chi connectivity index (χ2n) is 3.13. The van der Waals surface area contributed by atoms with Gasteiger partial charge in [0.2, 0.25) is 0 Å². The smallest absolute Gasteiger partial charge is 0.165 e. The Balaban J connectivity index is 2.66. The summed E-state index contributed by atoms with van der Waals surface area (Å²) in [5.41, 5.74) is 1.80. The summed E-state index contributed by atoms with van der Waals surface area (Å²) in [6.45, 7) is 5.91. The Kier molecular flexibility index (Phi) is 4.01. The van der Waals surface area contributed by atoms with Crippen molar-refractivity contribution in [3.8, 4) is 5.75 Å². The van der Waals surface area contributed by atoms with Crippen LogP contribution in [0.4, 0.5) is 4.39 Å². The molecule has 1 nitrogen and oxygen atoms in total. The lowest BCUT2D eigenvalue weighted by Crippen LogP contribution is -2.02. The van der Waals surface area contributed by atoms with Crippen molar-refractivity contribution in [2.45, 2.75) is 6.92 Å². The fourth-order valence-electron chi connectivity index (χ4n) is 0.947. The lowest BCUT2D eigenvalue weighted by atomic mass is 10.2. The summed E-state index contributed by atoms with van der Waals surface area (Å²) in [5.74, 6) is 0.475. The third-order valence-corrected chi connectivity index (χ3v) is 2.19. The van der Waals surface area contributed by atoms with E-state index in [1.807, 2.05) is 6.92 Å². The Morgan fingerprint density at radius 1 is 1.57 bits per heavy atom. The van der Waals surface area contributed by atoms with Gasteiger partial charge in [-0.15, -0.1) is 0 Å². The SMILES string of the molecule is C=C(CS)COc1cc(C)ccc1F. The molecule has 0 atom stereocenters. The number of hydrogen-bond donors (Lipinski definition) is 1. The largest absolute Gasteiger partial charge is 0.486 e. The molecule has 0 fully saturated rings. The molecule has 0 aromatic heterocycles. The lowest BCUT2D eigenvalue weighted by molar-refractivity contribution is 0.333. The van der Waals surface area contributed by atoms with Crippen LogP contribution in [0.15, 0.2) is 30.4 Å². The molecule has 0 unspecified atom stereocenters. The zero-order valence-corrected chi connectivity index (χ0v) is 8.98. The summed E-state index contributed by atoms with van der Waals surface area (Å²) in [5, 5.41) is 0. The van der Waals surface area contributed by atoms with E-state index in [2.05, 4.69) is 19.2 Å². The Morgan fingerprint density at radius 2 is 2.29 bits per heavy atom. The molecule has 0 amide bonds. The highest BCUT2D eigenvalue weighted by molar-refractivity contribution is 7.80. The first-order valence-corrected chi connectivity index (χ1v) is 4.93. The van der Waals surface area contributed by atoms with Gasteiger partial charge >= 0.3 is 0 Å². The minimum atomic E-state index is -0.345. The summed E-state index contributed by atoms with van der Waals surface area (Å²) < 4.78 is 18.4. The number of halogens is 1. The molecule has 1 rings (SSSR count). The van der Waals surface area contributed by atoms with Crippen molar-refractivity contribution >= 4 is 12.6 Å². The maximum Gasteiger partial charge on any atom is 0.165 e. The lowest BCUT2D eigenvalue weighted by Gasteiger charge is -2.08. The fraction of sp³-hybridized carbons (Fsp3) is 0.273. The van der Waals surface area contributed by atoms with Crippen LogP contribution in [0.25, 0.3) is 0 Å². The van der Waals surface area contributed by atoms with E-state index in [4.69, 9.17) is 4.74 Å². The molecule has 0 bridgehead atoms. The van der Waals surface area contributed by atoms with Crippen molar-refractivity contribution in [2.75, 3.05) is 12.4 Å².